The van der Waals surface area contributed by atoms with Crippen molar-refractivity contribution >= 4 is 17.2 Å². The second kappa shape index (κ2) is 12.7. The summed E-state index contributed by atoms with van der Waals surface area (Å²) in [5.74, 6) is 1.31. The van der Waals surface area contributed by atoms with Crippen LogP contribution in [0.25, 0.3) is 22.0 Å². The molecule has 4 heterocycles. The van der Waals surface area contributed by atoms with Crippen molar-refractivity contribution in [1.82, 2.24) is 19.9 Å². The van der Waals surface area contributed by atoms with Gasteiger partial charge >= 0.3 is 0 Å². The van der Waals surface area contributed by atoms with Gasteiger partial charge in [-0.25, -0.2) is 4.98 Å². The second-order valence-corrected chi connectivity index (χ2v) is 10.8. The van der Waals surface area contributed by atoms with E-state index in [0.29, 0.717) is 30.2 Å². The lowest BCUT2D eigenvalue weighted by Gasteiger charge is -2.13. The summed E-state index contributed by atoms with van der Waals surface area (Å²) >= 11 is 1.60. The molecule has 9 heteroatoms. The van der Waals surface area contributed by atoms with Gasteiger partial charge in [0.1, 0.15) is 5.01 Å². The van der Waals surface area contributed by atoms with Crippen LogP contribution in [0, 0.1) is 6.92 Å². The molecule has 1 saturated heterocycles. The number of carbonyl (C=O) groups excluding carboxylic acids is 1. The van der Waals surface area contributed by atoms with E-state index in [4.69, 9.17) is 19.2 Å². The van der Waals surface area contributed by atoms with E-state index in [1.54, 1.807) is 25.6 Å². The number of nitrogens with one attached hydrogen (secondary N) is 1. The molecule has 1 aliphatic rings. The third-order valence-electron chi connectivity index (χ3n) is 7.39. The van der Waals surface area contributed by atoms with Crippen LogP contribution >= 0.6 is 11.3 Å². The standard InChI is InChI=1S/C31H36N4O4S/c1-5-23-16-22(10-12-32-23)31-34-26(19-40-31)27-17-25(30(36)33-18-24-7-6-14-39-24)20(2)35(27)13-11-21-8-9-28(37-3)29(15-21)38-4/h8-10,12,15-17,19,24H,5-7,11,13-14,18H2,1-4H3,(H,33,36). The third-order valence-corrected chi connectivity index (χ3v) is 8.28. The van der Waals surface area contributed by atoms with E-state index in [9.17, 15) is 4.79 Å². The summed E-state index contributed by atoms with van der Waals surface area (Å²) in [4.78, 5) is 22.7. The first kappa shape index (κ1) is 27.9. The molecule has 0 radical (unpaired) electrons. The maximum atomic E-state index is 13.3. The molecule has 210 valence electrons. The minimum absolute atomic E-state index is 0.0868. The number of hydrogen-bond acceptors (Lipinski definition) is 7. The van der Waals surface area contributed by atoms with Gasteiger partial charge in [-0.15, -0.1) is 11.3 Å². The number of methoxy groups -OCH3 is 2. The Morgan fingerprint density at radius 2 is 2.02 bits per heavy atom. The van der Waals surface area contributed by atoms with Crippen LogP contribution < -0.4 is 14.8 Å². The number of hydrogen-bond donors (Lipinski definition) is 1. The second-order valence-electron chi connectivity index (χ2n) is 9.89. The van der Waals surface area contributed by atoms with Gasteiger partial charge in [-0.3, -0.25) is 9.78 Å². The van der Waals surface area contributed by atoms with Gasteiger partial charge in [0.2, 0.25) is 0 Å². The number of amides is 1. The summed E-state index contributed by atoms with van der Waals surface area (Å²) < 4.78 is 18.8. The van der Waals surface area contributed by atoms with Gasteiger partial charge in [-0.2, -0.15) is 0 Å². The maximum Gasteiger partial charge on any atom is 0.253 e. The third kappa shape index (κ3) is 6.05. The van der Waals surface area contributed by atoms with E-state index in [1.807, 2.05) is 43.5 Å². The predicted octanol–water partition coefficient (Wildman–Crippen LogP) is 5.71. The van der Waals surface area contributed by atoms with Crippen molar-refractivity contribution in [2.75, 3.05) is 27.4 Å². The number of aryl methyl sites for hydroxylation is 2. The lowest BCUT2D eigenvalue weighted by molar-refractivity contribution is 0.0857. The van der Waals surface area contributed by atoms with Crippen LogP contribution in [0.3, 0.4) is 0 Å². The van der Waals surface area contributed by atoms with Gasteiger partial charge in [0.25, 0.3) is 5.91 Å². The molecule has 1 atom stereocenters. The summed E-state index contributed by atoms with van der Waals surface area (Å²) in [5, 5.41) is 6.09. The fraction of sp³-hybridized carbons (Fsp3) is 0.387. The van der Waals surface area contributed by atoms with Gasteiger partial charge in [-0.1, -0.05) is 13.0 Å². The van der Waals surface area contributed by atoms with Crippen LogP contribution in [0.1, 0.15) is 47.1 Å². The van der Waals surface area contributed by atoms with Gasteiger partial charge < -0.3 is 24.1 Å². The molecular formula is C31H36N4O4S. The van der Waals surface area contributed by atoms with Gasteiger partial charge in [0.15, 0.2) is 11.5 Å². The fourth-order valence-corrected chi connectivity index (χ4v) is 5.90. The number of ether oxygens (including phenoxy) is 3. The van der Waals surface area contributed by atoms with Crippen molar-refractivity contribution in [3.63, 3.8) is 0 Å². The van der Waals surface area contributed by atoms with E-state index >= 15 is 0 Å². The van der Waals surface area contributed by atoms with Gasteiger partial charge in [0.05, 0.1) is 37.3 Å². The lowest BCUT2D eigenvalue weighted by atomic mass is 10.1. The Balaban J connectivity index is 1.45. The normalized spacial score (nSPS) is 14.8. The molecule has 40 heavy (non-hydrogen) atoms. The number of benzene rings is 1. The molecule has 0 aliphatic carbocycles. The Bertz CT molecular complexity index is 1470. The summed E-state index contributed by atoms with van der Waals surface area (Å²) in [6.45, 7) is 6.06. The predicted molar refractivity (Wildman–Crippen MR) is 157 cm³/mol. The molecule has 0 spiro atoms. The van der Waals surface area contributed by atoms with E-state index < -0.39 is 0 Å². The van der Waals surface area contributed by atoms with Crippen LogP contribution in [-0.4, -0.2) is 53.9 Å². The van der Waals surface area contributed by atoms with Crippen molar-refractivity contribution in [2.24, 2.45) is 0 Å². The summed E-state index contributed by atoms with van der Waals surface area (Å²) in [6.07, 6.45) is 5.56. The Kier molecular flexibility index (Phi) is 8.81. The molecule has 1 fully saturated rings. The molecule has 1 aliphatic heterocycles. The average molecular weight is 561 g/mol. The quantitative estimate of drug-likeness (QED) is 0.253. The number of rotatable bonds is 11. The van der Waals surface area contributed by atoms with E-state index in [2.05, 4.69) is 33.2 Å². The first-order valence-corrected chi connectivity index (χ1v) is 14.6. The number of pyridine rings is 1. The van der Waals surface area contributed by atoms with Crippen molar-refractivity contribution in [3.8, 4) is 33.5 Å². The highest BCUT2D eigenvalue weighted by molar-refractivity contribution is 7.13. The van der Waals surface area contributed by atoms with E-state index in [0.717, 1.165) is 71.2 Å². The molecule has 4 aromatic rings. The highest BCUT2D eigenvalue weighted by atomic mass is 32.1. The minimum Gasteiger partial charge on any atom is -0.493 e. The van der Waals surface area contributed by atoms with Crippen LogP contribution in [-0.2, 0) is 24.1 Å². The summed E-state index contributed by atoms with van der Waals surface area (Å²) in [5.41, 5.74) is 6.55. The largest absolute Gasteiger partial charge is 0.493 e. The van der Waals surface area contributed by atoms with Crippen molar-refractivity contribution in [2.45, 2.75) is 52.2 Å². The average Bonchev–Trinajstić information content (AvgIpc) is 3.75. The molecule has 1 amide bonds. The topological polar surface area (TPSA) is 87.5 Å². The van der Waals surface area contributed by atoms with Crippen LogP contribution in [0.5, 0.6) is 11.5 Å². The SMILES string of the molecule is CCc1cc(-c2nc(-c3cc(C(=O)NCC4CCCO4)c(C)n3CCc3ccc(OC)c(OC)c3)cs2)ccn1. The first-order valence-electron chi connectivity index (χ1n) is 13.7. The zero-order chi connectivity index (χ0) is 28.1. The number of thiazole rings is 1. The molecule has 0 saturated carbocycles. The molecule has 1 N–H and O–H groups in total. The Morgan fingerprint density at radius 1 is 1.18 bits per heavy atom. The van der Waals surface area contributed by atoms with E-state index in [-0.39, 0.29) is 12.0 Å². The minimum atomic E-state index is -0.0868. The monoisotopic (exact) mass is 560 g/mol. The van der Waals surface area contributed by atoms with Crippen molar-refractivity contribution in [1.29, 1.82) is 0 Å². The number of aromatic nitrogens is 3. The number of nitrogens with zero attached hydrogens (tertiary/aromatic N) is 3. The molecule has 0 bridgehead atoms. The Hall–Kier alpha value is -3.69. The molecule has 1 unspecified atom stereocenters. The lowest BCUT2D eigenvalue weighted by Crippen LogP contribution is -2.32. The molecule has 8 nitrogen and oxygen atoms in total. The fourth-order valence-electron chi connectivity index (χ4n) is 5.09. The Labute approximate surface area is 239 Å². The number of carbonyl (C=O) groups is 1. The van der Waals surface area contributed by atoms with Gasteiger partial charge in [0, 0.05) is 48.2 Å². The van der Waals surface area contributed by atoms with E-state index in [1.165, 1.54) is 0 Å². The maximum absolute atomic E-state index is 13.3. The van der Waals surface area contributed by atoms with Crippen LogP contribution in [0.15, 0.2) is 48.0 Å². The van der Waals surface area contributed by atoms with Crippen molar-refractivity contribution < 1.29 is 19.0 Å². The zero-order valence-corrected chi connectivity index (χ0v) is 24.3. The Morgan fingerprint density at radius 3 is 2.77 bits per heavy atom. The smallest absolute Gasteiger partial charge is 0.253 e. The van der Waals surface area contributed by atoms with Crippen LogP contribution in [0.4, 0.5) is 0 Å². The molecular weight excluding hydrogens is 524 g/mol. The first-order chi connectivity index (χ1) is 19.5. The molecule has 3 aromatic heterocycles. The summed E-state index contributed by atoms with van der Waals surface area (Å²) in [7, 11) is 3.28. The zero-order valence-electron chi connectivity index (χ0n) is 23.5. The van der Waals surface area contributed by atoms with Crippen LogP contribution in [0.2, 0.25) is 0 Å². The highest BCUT2D eigenvalue weighted by Gasteiger charge is 2.22. The van der Waals surface area contributed by atoms with Crippen molar-refractivity contribution in [3.05, 3.63) is 70.5 Å². The summed E-state index contributed by atoms with van der Waals surface area (Å²) in [6, 6.07) is 12.0. The highest BCUT2D eigenvalue weighted by Crippen LogP contribution is 2.33. The van der Waals surface area contributed by atoms with Gasteiger partial charge in [-0.05, 0) is 68.5 Å². The molecule has 5 rings (SSSR count). The molecule has 1 aromatic carbocycles.